The Balaban J connectivity index is 1.51. The summed E-state index contributed by atoms with van der Waals surface area (Å²) in [6.07, 6.45) is 3.61. The summed E-state index contributed by atoms with van der Waals surface area (Å²) < 4.78 is 27.5. The fourth-order valence-electron chi connectivity index (χ4n) is 3.30. The molecular formula is C16H16F2N6O2. The lowest BCUT2D eigenvalue weighted by atomic mass is 9.88. The monoisotopic (exact) mass is 362 g/mol. The van der Waals surface area contributed by atoms with Crippen LogP contribution >= 0.6 is 0 Å². The molecule has 26 heavy (non-hydrogen) atoms. The van der Waals surface area contributed by atoms with Gasteiger partial charge in [0.25, 0.3) is 11.8 Å². The van der Waals surface area contributed by atoms with Crippen molar-refractivity contribution in [1.29, 1.82) is 0 Å². The van der Waals surface area contributed by atoms with Crippen molar-refractivity contribution in [3.05, 3.63) is 42.0 Å². The van der Waals surface area contributed by atoms with Crippen LogP contribution in [-0.4, -0.2) is 55.2 Å². The van der Waals surface area contributed by atoms with Crippen molar-refractivity contribution in [1.82, 2.24) is 30.2 Å². The third kappa shape index (κ3) is 3.02. The van der Waals surface area contributed by atoms with Crippen LogP contribution < -0.4 is 5.32 Å². The maximum atomic E-state index is 13.0. The van der Waals surface area contributed by atoms with Crippen LogP contribution in [0.3, 0.4) is 0 Å². The van der Waals surface area contributed by atoms with Gasteiger partial charge in [-0.15, -0.1) is 0 Å². The molecule has 1 atom stereocenters. The minimum atomic E-state index is -2.71. The van der Waals surface area contributed by atoms with Crippen molar-refractivity contribution in [3.63, 3.8) is 0 Å². The molecule has 2 aliphatic rings. The number of hydrogen-bond donors (Lipinski definition) is 1. The van der Waals surface area contributed by atoms with Crippen LogP contribution in [-0.2, 0) is 11.3 Å². The number of fused-ring (bicyclic) bond motifs is 1. The molecule has 136 valence electrons. The number of alkyl halides is 2. The zero-order valence-corrected chi connectivity index (χ0v) is 13.7. The van der Waals surface area contributed by atoms with Crippen molar-refractivity contribution in [2.75, 3.05) is 6.54 Å². The Bertz CT molecular complexity index is 832. The summed E-state index contributed by atoms with van der Waals surface area (Å²) in [7, 11) is 0. The number of amides is 2. The minimum Gasteiger partial charge on any atom is -0.351 e. The second kappa shape index (κ2) is 6.11. The van der Waals surface area contributed by atoms with Gasteiger partial charge in [0.15, 0.2) is 0 Å². The lowest BCUT2D eigenvalue weighted by Gasteiger charge is -2.38. The molecule has 0 spiro atoms. The summed E-state index contributed by atoms with van der Waals surface area (Å²) in [5.74, 6) is -3.40. The summed E-state index contributed by atoms with van der Waals surface area (Å²) in [5.41, 5.74) is 1.07. The van der Waals surface area contributed by atoms with Gasteiger partial charge in [0.1, 0.15) is 6.04 Å². The molecule has 10 heteroatoms. The standard InChI is InChI=1S/C16H16F2N6O2/c17-16(18)5-11(6-16)22-14(25)13-9-23(8-12-2-4-21-24(12)13)15(26)10-1-3-19-20-7-10/h1-4,7,11,13H,5-6,8-9H2,(H,22,25)/t13-/m0/s1. The molecule has 3 heterocycles. The third-order valence-electron chi connectivity index (χ3n) is 4.65. The average Bonchev–Trinajstić information content (AvgIpc) is 3.08. The molecule has 2 aromatic rings. The highest BCUT2D eigenvalue weighted by molar-refractivity contribution is 5.94. The van der Waals surface area contributed by atoms with E-state index in [1.54, 1.807) is 23.0 Å². The van der Waals surface area contributed by atoms with Crippen LogP contribution in [0.5, 0.6) is 0 Å². The summed E-state index contributed by atoms with van der Waals surface area (Å²) in [5, 5.41) is 14.1. The lowest BCUT2D eigenvalue weighted by Crippen LogP contribution is -2.54. The van der Waals surface area contributed by atoms with E-state index >= 15 is 0 Å². The summed E-state index contributed by atoms with van der Waals surface area (Å²) in [6.45, 7) is 0.400. The maximum Gasteiger partial charge on any atom is 0.255 e. The second-order valence-corrected chi connectivity index (χ2v) is 6.57. The fourth-order valence-corrected chi connectivity index (χ4v) is 3.30. The lowest BCUT2D eigenvalue weighted by molar-refractivity contribution is -0.133. The number of carbonyl (C=O) groups excluding carboxylic acids is 2. The number of hydrogen-bond acceptors (Lipinski definition) is 5. The third-order valence-corrected chi connectivity index (χ3v) is 4.65. The van der Waals surface area contributed by atoms with Crippen LogP contribution in [0, 0.1) is 0 Å². The van der Waals surface area contributed by atoms with E-state index in [0.29, 0.717) is 17.8 Å². The van der Waals surface area contributed by atoms with Gasteiger partial charge in [0.2, 0.25) is 5.91 Å². The van der Waals surface area contributed by atoms with E-state index in [1.807, 2.05) is 0 Å². The molecular weight excluding hydrogens is 346 g/mol. The van der Waals surface area contributed by atoms with Crippen molar-refractivity contribution in [3.8, 4) is 0 Å². The van der Waals surface area contributed by atoms with Gasteiger partial charge in [-0.1, -0.05) is 0 Å². The number of halogens is 2. The number of nitrogens with zero attached hydrogens (tertiary/aromatic N) is 5. The Kier molecular flexibility index (Phi) is 3.89. The first-order valence-corrected chi connectivity index (χ1v) is 8.19. The predicted octanol–water partition coefficient (Wildman–Crippen LogP) is 0.784. The van der Waals surface area contributed by atoms with E-state index in [1.165, 1.54) is 17.3 Å². The fraction of sp³-hybridized carbons (Fsp3) is 0.438. The molecule has 1 aliphatic heterocycles. The van der Waals surface area contributed by atoms with Gasteiger partial charge >= 0.3 is 0 Å². The van der Waals surface area contributed by atoms with E-state index in [2.05, 4.69) is 20.6 Å². The van der Waals surface area contributed by atoms with Crippen molar-refractivity contribution in [2.45, 2.75) is 37.4 Å². The van der Waals surface area contributed by atoms with Crippen LogP contribution in [0.4, 0.5) is 8.78 Å². The molecule has 1 aliphatic carbocycles. The molecule has 1 saturated carbocycles. The van der Waals surface area contributed by atoms with Gasteiger partial charge in [-0.25, -0.2) is 8.78 Å². The van der Waals surface area contributed by atoms with Gasteiger partial charge in [0, 0.05) is 25.1 Å². The quantitative estimate of drug-likeness (QED) is 0.871. The Morgan fingerprint density at radius 2 is 2.00 bits per heavy atom. The van der Waals surface area contributed by atoms with E-state index in [-0.39, 0.29) is 25.3 Å². The molecule has 2 amide bonds. The zero-order chi connectivity index (χ0) is 18.3. The zero-order valence-electron chi connectivity index (χ0n) is 13.7. The highest BCUT2D eigenvalue weighted by Gasteiger charge is 2.47. The van der Waals surface area contributed by atoms with Gasteiger partial charge in [0.05, 0.1) is 36.7 Å². The number of nitrogens with one attached hydrogen (secondary N) is 1. The van der Waals surface area contributed by atoms with E-state index < -0.39 is 23.9 Å². The molecule has 1 fully saturated rings. The minimum absolute atomic E-state index is 0.102. The summed E-state index contributed by atoms with van der Waals surface area (Å²) in [4.78, 5) is 26.8. The van der Waals surface area contributed by atoms with E-state index in [9.17, 15) is 18.4 Å². The second-order valence-electron chi connectivity index (χ2n) is 6.57. The number of rotatable bonds is 3. The van der Waals surface area contributed by atoms with E-state index in [4.69, 9.17) is 0 Å². The molecule has 0 unspecified atom stereocenters. The maximum absolute atomic E-state index is 13.0. The first kappa shape index (κ1) is 16.6. The van der Waals surface area contributed by atoms with Crippen molar-refractivity contribution >= 4 is 11.8 Å². The molecule has 2 aromatic heterocycles. The Labute approximate surface area is 147 Å². The Morgan fingerprint density at radius 3 is 2.69 bits per heavy atom. The molecule has 0 saturated heterocycles. The highest BCUT2D eigenvalue weighted by atomic mass is 19.3. The Hall–Kier alpha value is -2.91. The molecule has 8 nitrogen and oxygen atoms in total. The van der Waals surface area contributed by atoms with E-state index in [0.717, 1.165) is 0 Å². The smallest absolute Gasteiger partial charge is 0.255 e. The highest BCUT2D eigenvalue weighted by Crippen LogP contribution is 2.37. The SMILES string of the molecule is O=C(NC1CC(F)(F)C1)[C@@H]1CN(C(=O)c2ccnnc2)Cc2ccnn21. The first-order valence-electron chi connectivity index (χ1n) is 8.19. The molecule has 0 bridgehead atoms. The number of aromatic nitrogens is 4. The van der Waals surface area contributed by atoms with Gasteiger partial charge in [-0.05, 0) is 12.1 Å². The first-order chi connectivity index (χ1) is 12.4. The average molecular weight is 362 g/mol. The van der Waals surface area contributed by atoms with Crippen LogP contribution in [0.25, 0.3) is 0 Å². The molecule has 4 rings (SSSR count). The van der Waals surface area contributed by atoms with Crippen LogP contribution in [0.1, 0.15) is 34.9 Å². The van der Waals surface area contributed by atoms with Crippen LogP contribution in [0.2, 0.25) is 0 Å². The van der Waals surface area contributed by atoms with Crippen molar-refractivity contribution in [2.24, 2.45) is 0 Å². The normalized spacial score (nSPS) is 21.6. The van der Waals surface area contributed by atoms with Crippen molar-refractivity contribution < 1.29 is 18.4 Å². The predicted molar refractivity (Wildman–Crippen MR) is 84.1 cm³/mol. The van der Waals surface area contributed by atoms with Crippen LogP contribution in [0.15, 0.2) is 30.7 Å². The topological polar surface area (TPSA) is 93.0 Å². The molecule has 1 N–H and O–H groups in total. The largest absolute Gasteiger partial charge is 0.351 e. The Morgan fingerprint density at radius 1 is 1.19 bits per heavy atom. The summed E-state index contributed by atoms with van der Waals surface area (Å²) >= 11 is 0. The van der Waals surface area contributed by atoms with Gasteiger partial charge in [-0.2, -0.15) is 15.3 Å². The molecule has 0 aromatic carbocycles. The molecule has 0 radical (unpaired) electrons. The summed E-state index contributed by atoms with van der Waals surface area (Å²) in [6, 6.07) is 1.96. The van der Waals surface area contributed by atoms with Gasteiger partial charge < -0.3 is 10.2 Å². The van der Waals surface area contributed by atoms with Gasteiger partial charge in [-0.3, -0.25) is 14.3 Å². The number of carbonyl (C=O) groups is 2.